The van der Waals surface area contributed by atoms with Crippen LogP contribution in [0.25, 0.3) is 16.2 Å². The molecule has 1 aromatic carbocycles. The lowest BCUT2D eigenvalue weighted by molar-refractivity contribution is -0.140. The number of nitrogens with zero attached hydrogens (tertiary/aromatic N) is 4. The zero-order chi connectivity index (χ0) is 25.2. The van der Waals surface area contributed by atoms with Crippen LogP contribution in [0.2, 0.25) is 0 Å². The van der Waals surface area contributed by atoms with Crippen molar-refractivity contribution >= 4 is 22.3 Å². The molecule has 0 spiro atoms. The van der Waals surface area contributed by atoms with E-state index in [1.165, 1.54) is 18.4 Å². The fraction of sp³-hybridized carbons (Fsp3) is 0.231. The van der Waals surface area contributed by atoms with Crippen LogP contribution >= 0.6 is 11.3 Å². The number of hydrogen-bond donors (Lipinski definition) is 2. The highest BCUT2D eigenvalue weighted by Crippen LogP contribution is 2.39. The van der Waals surface area contributed by atoms with Gasteiger partial charge in [0.1, 0.15) is 5.75 Å². The molecule has 4 aromatic heterocycles. The number of nitrogens with one attached hydrogen (secondary N) is 1. The Balaban J connectivity index is 1.71. The molecule has 0 unspecified atom stereocenters. The molecule has 0 fully saturated rings. The zero-order valence-electron chi connectivity index (χ0n) is 19.8. The summed E-state index contributed by atoms with van der Waals surface area (Å²) in [6, 6.07) is 11.2. The van der Waals surface area contributed by atoms with Crippen LogP contribution in [0.15, 0.2) is 65.3 Å². The first-order valence-corrected chi connectivity index (χ1v) is 12.3. The molecule has 0 amide bonds. The molecule has 0 saturated carbocycles. The quantitative estimate of drug-likeness (QED) is 0.311. The largest absolute Gasteiger partial charge is 0.507 e. The number of carbonyl (C=O) groups excluding carboxylic acids is 1. The van der Waals surface area contributed by atoms with Gasteiger partial charge in [0.15, 0.2) is 4.96 Å². The molecule has 0 aliphatic heterocycles. The summed E-state index contributed by atoms with van der Waals surface area (Å²) in [5, 5.41) is 13.0. The Morgan fingerprint density at radius 2 is 2.08 bits per heavy atom. The zero-order valence-corrected chi connectivity index (χ0v) is 20.7. The Hall–Kier alpha value is -4.18. The first-order chi connectivity index (χ1) is 17.5. The van der Waals surface area contributed by atoms with Crippen LogP contribution in [0.4, 0.5) is 0 Å². The summed E-state index contributed by atoms with van der Waals surface area (Å²) >= 11 is 1.46. The summed E-state index contributed by atoms with van der Waals surface area (Å²) < 4.78 is 8.50. The van der Waals surface area contributed by atoms with E-state index < -0.39 is 11.9 Å². The number of benzene rings is 1. The summed E-state index contributed by atoms with van der Waals surface area (Å²) in [5.41, 5.74) is 3.45. The Morgan fingerprint density at radius 1 is 1.28 bits per heavy atom. The maximum atomic E-state index is 13.9. The van der Waals surface area contributed by atoms with E-state index in [-0.39, 0.29) is 23.3 Å². The van der Waals surface area contributed by atoms with Gasteiger partial charge in [0.05, 0.1) is 36.8 Å². The molecular formula is C26H25N5O4S. The number of aromatic nitrogens is 5. The number of methoxy groups -OCH3 is 1. The number of H-pyrrole nitrogens is 1. The molecular weight excluding hydrogens is 478 g/mol. The fourth-order valence-corrected chi connectivity index (χ4v) is 5.28. The van der Waals surface area contributed by atoms with Gasteiger partial charge in [0, 0.05) is 53.6 Å². The molecule has 0 aliphatic rings. The Kier molecular flexibility index (Phi) is 6.43. The molecule has 1 atom stereocenters. The number of hydrogen-bond acceptors (Lipinski definition) is 7. The van der Waals surface area contributed by atoms with Crippen molar-refractivity contribution in [1.82, 2.24) is 23.9 Å². The van der Waals surface area contributed by atoms with Gasteiger partial charge in [0.25, 0.3) is 5.56 Å². The van der Waals surface area contributed by atoms with E-state index in [4.69, 9.17) is 9.72 Å². The van der Waals surface area contributed by atoms with E-state index in [9.17, 15) is 14.7 Å². The number of aryl methyl sites for hydroxylation is 2. The third-order valence-electron chi connectivity index (χ3n) is 6.31. The number of esters is 1. The lowest BCUT2D eigenvalue weighted by atomic mass is 9.89. The summed E-state index contributed by atoms with van der Waals surface area (Å²) in [4.78, 5) is 39.1. The van der Waals surface area contributed by atoms with Gasteiger partial charge in [-0.3, -0.25) is 14.0 Å². The molecule has 0 saturated heterocycles. The van der Waals surface area contributed by atoms with Crippen molar-refractivity contribution in [3.8, 4) is 17.0 Å². The Morgan fingerprint density at radius 3 is 2.81 bits per heavy atom. The molecule has 0 bridgehead atoms. The highest BCUT2D eigenvalue weighted by atomic mass is 32.1. The summed E-state index contributed by atoms with van der Waals surface area (Å²) in [5.74, 6) is -1.44. The Labute approximate surface area is 210 Å². The minimum absolute atomic E-state index is 0.133. The molecule has 2 N–H and O–H groups in total. The highest BCUT2D eigenvalue weighted by Gasteiger charge is 2.32. The van der Waals surface area contributed by atoms with Crippen LogP contribution in [0.3, 0.4) is 0 Å². The molecule has 10 heteroatoms. The number of ether oxygens (including phenoxy) is 1. The molecule has 5 aromatic rings. The lowest BCUT2D eigenvalue weighted by Gasteiger charge is -2.21. The van der Waals surface area contributed by atoms with Gasteiger partial charge in [-0.15, -0.1) is 11.3 Å². The first kappa shape index (κ1) is 23.6. The number of pyridine rings is 1. The monoisotopic (exact) mass is 503 g/mol. The number of aromatic amines is 1. The molecule has 5 rings (SSSR count). The van der Waals surface area contributed by atoms with Crippen LogP contribution in [0.1, 0.15) is 35.0 Å². The molecule has 36 heavy (non-hydrogen) atoms. The van der Waals surface area contributed by atoms with Crippen LogP contribution in [0.5, 0.6) is 5.75 Å². The second-order valence-corrected chi connectivity index (χ2v) is 9.34. The minimum Gasteiger partial charge on any atom is -0.507 e. The SMILES string of the molecule is COC(=O)C[C@H](c1c(O)cc(C)n(CCc2cnc[nH]2)c1=O)c1c(-c2ccccc2)nc2sccn12. The van der Waals surface area contributed by atoms with Gasteiger partial charge in [0.2, 0.25) is 0 Å². The number of fused-ring (bicyclic) bond motifs is 1. The van der Waals surface area contributed by atoms with Crippen molar-refractivity contribution in [2.45, 2.75) is 32.2 Å². The summed E-state index contributed by atoms with van der Waals surface area (Å²) in [6.07, 6.45) is 5.60. The van der Waals surface area contributed by atoms with Crippen molar-refractivity contribution < 1.29 is 14.6 Å². The number of rotatable bonds is 8. The molecule has 0 aliphatic carbocycles. The van der Waals surface area contributed by atoms with Gasteiger partial charge in [-0.25, -0.2) is 9.97 Å². The molecule has 0 radical (unpaired) electrons. The second kappa shape index (κ2) is 9.82. The summed E-state index contributed by atoms with van der Waals surface area (Å²) in [6.45, 7) is 2.16. The van der Waals surface area contributed by atoms with Gasteiger partial charge in [-0.1, -0.05) is 30.3 Å². The van der Waals surface area contributed by atoms with Gasteiger partial charge in [-0.2, -0.15) is 0 Å². The van der Waals surface area contributed by atoms with Crippen molar-refractivity contribution in [2.75, 3.05) is 7.11 Å². The predicted octanol–water partition coefficient (Wildman–Crippen LogP) is 3.90. The molecule has 9 nitrogen and oxygen atoms in total. The topological polar surface area (TPSA) is 115 Å². The van der Waals surface area contributed by atoms with Crippen molar-refractivity contribution in [3.63, 3.8) is 0 Å². The summed E-state index contributed by atoms with van der Waals surface area (Å²) in [7, 11) is 1.31. The molecule has 184 valence electrons. The standard InChI is InChI=1S/C26H25N5O4S/c1-16-12-20(32)22(25(34)30(16)9-8-18-14-27-15-28-18)19(13-21(33)35-2)24-23(17-6-4-3-5-7-17)29-26-31(24)10-11-36-26/h3-7,10-12,14-15,19,32H,8-9,13H2,1-2H3,(H,27,28)/t19-/m1/s1. The number of imidazole rings is 2. The van der Waals surface area contributed by atoms with E-state index in [0.717, 1.165) is 16.2 Å². The van der Waals surface area contributed by atoms with Gasteiger partial charge in [-0.05, 0) is 13.0 Å². The maximum absolute atomic E-state index is 13.9. The normalized spacial score (nSPS) is 12.2. The van der Waals surface area contributed by atoms with Crippen LogP contribution in [-0.4, -0.2) is 42.1 Å². The van der Waals surface area contributed by atoms with E-state index >= 15 is 0 Å². The first-order valence-electron chi connectivity index (χ1n) is 11.5. The third kappa shape index (κ3) is 4.31. The fourth-order valence-electron chi connectivity index (χ4n) is 4.56. The van der Waals surface area contributed by atoms with E-state index in [1.807, 2.05) is 46.3 Å². The van der Waals surface area contributed by atoms with Crippen molar-refractivity contribution in [2.24, 2.45) is 0 Å². The molecule has 4 heterocycles. The van der Waals surface area contributed by atoms with Crippen LogP contribution in [-0.2, 0) is 22.5 Å². The lowest BCUT2D eigenvalue weighted by Crippen LogP contribution is -2.29. The van der Waals surface area contributed by atoms with E-state index in [1.54, 1.807) is 30.1 Å². The number of thiazole rings is 1. The predicted molar refractivity (Wildman–Crippen MR) is 136 cm³/mol. The third-order valence-corrected chi connectivity index (χ3v) is 7.06. The van der Waals surface area contributed by atoms with Crippen molar-refractivity contribution in [1.29, 1.82) is 0 Å². The van der Waals surface area contributed by atoms with Crippen LogP contribution in [0, 0.1) is 6.92 Å². The number of aromatic hydroxyl groups is 1. The average molecular weight is 504 g/mol. The second-order valence-electron chi connectivity index (χ2n) is 8.47. The highest BCUT2D eigenvalue weighted by molar-refractivity contribution is 7.15. The smallest absolute Gasteiger partial charge is 0.306 e. The van der Waals surface area contributed by atoms with Gasteiger partial charge >= 0.3 is 5.97 Å². The van der Waals surface area contributed by atoms with Gasteiger partial charge < -0.3 is 19.4 Å². The Bertz CT molecular complexity index is 1570. The average Bonchev–Trinajstić information content (AvgIpc) is 3.61. The maximum Gasteiger partial charge on any atom is 0.306 e. The van der Waals surface area contributed by atoms with Crippen LogP contribution < -0.4 is 5.56 Å². The van der Waals surface area contributed by atoms with E-state index in [2.05, 4.69) is 9.97 Å². The number of carbonyl (C=O) groups is 1. The minimum atomic E-state index is -0.788. The van der Waals surface area contributed by atoms with E-state index in [0.29, 0.717) is 30.0 Å². The van der Waals surface area contributed by atoms with Crippen molar-refractivity contribution in [3.05, 3.63) is 93.5 Å².